The molecular weight excluding hydrogens is 401 g/mol. The van der Waals surface area contributed by atoms with Crippen molar-refractivity contribution in [1.29, 1.82) is 0 Å². The third-order valence-corrected chi connectivity index (χ3v) is 4.31. The van der Waals surface area contributed by atoms with Gasteiger partial charge in [0.2, 0.25) is 5.88 Å². The Balaban J connectivity index is 0.00000196. The Morgan fingerprint density at radius 2 is 1.93 bits per heavy atom. The summed E-state index contributed by atoms with van der Waals surface area (Å²) in [6.07, 6.45) is 3.63. The fraction of sp³-hybridized carbons (Fsp3) is 0.400. The van der Waals surface area contributed by atoms with Crippen molar-refractivity contribution in [2.45, 2.75) is 25.8 Å². The number of ether oxygens (including phenoxy) is 2. The lowest BCUT2D eigenvalue weighted by Gasteiger charge is -2.28. The highest BCUT2D eigenvalue weighted by Gasteiger charge is 2.25. The zero-order valence-electron chi connectivity index (χ0n) is 15.9. The van der Waals surface area contributed by atoms with Crippen LogP contribution < -0.4 is 14.8 Å². The number of aromatic nitrogens is 1. The molecule has 1 aromatic heterocycles. The fourth-order valence-electron chi connectivity index (χ4n) is 3.02. The van der Waals surface area contributed by atoms with Crippen LogP contribution >= 0.6 is 24.8 Å². The van der Waals surface area contributed by atoms with Crippen LogP contribution in [0.4, 0.5) is 0 Å². The first kappa shape index (κ1) is 24.0. The Morgan fingerprint density at radius 3 is 2.54 bits per heavy atom. The predicted octanol–water partition coefficient (Wildman–Crippen LogP) is 3.70. The van der Waals surface area contributed by atoms with Crippen molar-refractivity contribution >= 4 is 30.7 Å². The third-order valence-electron chi connectivity index (χ3n) is 4.31. The molecule has 1 atom stereocenters. The summed E-state index contributed by atoms with van der Waals surface area (Å²) in [6.45, 7) is 4.74. The molecule has 6 nitrogen and oxygen atoms in total. The highest BCUT2D eigenvalue weighted by atomic mass is 35.5. The summed E-state index contributed by atoms with van der Waals surface area (Å²) < 4.78 is 11.3. The second-order valence-corrected chi connectivity index (χ2v) is 6.26. The number of carbonyl (C=O) groups is 1. The second kappa shape index (κ2) is 12.4. The first-order valence-electron chi connectivity index (χ1n) is 9.08. The Bertz CT molecular complexity index is 696. The summed E-state index contributed by atoms with van der Waals surface area (Å²) in [7, 11) is 0. The number of nitrogens with zero attached hydrogens (tertiary/aromatic N) is 2. The quantitative estimate of drug-likeness (QED) is 0.695. The molecular formula is C20H27Cl2N3O3. The average molecular weight is 428 g/mol. The van der Waals surface area contributed by atoms with Crippen LogP contribution in [0.1, 0.15) is 19.8 Å². The van der Waals surface area contributed by atoms with E-state index in [2.05, 4.69) is 17.2 Å². The molecule has 1 unspecified atom stereocenters. The minimum Gasteiger partial charge on any atom is -0.484 e. The van der Waals surface area contributed by atoms with E-state index < -0.39 is 0 Å². The van der Waals surface area contributed by atoms with Gasteiger partial charge in [0.15, 0.2) is 6.61 Å². The molecule has 1 saturated heterocycles. The minimum absolute atomic E-state index is 0. The number of carbonyl (C=O) groups excluding carboxylic acids is 1. The molecule has 0 spiro atoms. The molecule has 1 aromatic carbocycles. The molecule has 1 N–H and O–H groups in total. The molecule has 1 aliphatic rings. The first-order valence-corrected chi connectivity index (χ1v) is 9.08. The Hall–Kier alpha value is -2.02. The molecule has 1 amide bonds. The van der Waals surface area contributed by atoms with Crippen molar-refractivity contribution in [3.05, 3.63) is 48.7 Å². The van der Waals surface area contributed by atoms with Crippen LogP contribution in [0.5, 0.6) is 17.4 Å². The van der Waals surface area contributed by atoms with Crippen molar-refractivity contribution in [3.8, 4) is 17.4 Å². The van der Waals surface area contributed by atoms with Crippen LogP contribution in [0.25, 0.3) is 0 Å². The van der Waals surface area contributed by atoms with Crippen LogP contribution in [0.3, 0.4) is 0 Å². The molecule has 8 heteroatoms. The zero-order valence-corrected chi connectivity index (χ0v) is 17.5. The molecule has 154 valence electrons. The van der Waals surface area contributed by atoms with Crippen LogP contribution in [-0.4, -0.2) is 48.1 Å². The topological polar surface area (TPSA) is 63.7 Å². The van der Waals surface area contributed by atoms with Gasteiger partial charge in [0.25, 0.3) is 5.91 Å². The average Bonchev–Trinajstić information content (AvgIpc) is 3.20. The molecule has 1 aliphatic heterocycles. The first-order chi connectivity index (χ1) is 12.8. The van der Waals surface area contributed by atoms with Gasteiger partial charge in [-0.05, 0) is 49.7 Å². The number of pyridine rings is 1. The number of hydrogen-bond acceptors (Lipinski definition) is 5. The van der Waals surface area contributed by atoms with Gasteiger partial charge in [0, 0.05) is 31.4 Å². The molecule has 0 aliphatic carbocycles. The second-order valence-electron chi connectivity index (χ2n) is 6.26. The van der Waals surface area contributed by atoms with Crippen molar-refractivity contribution < 1.29 is 14.3 Å². The van der Waals surface area contributed by atoms with E-state index in [1.807, 2.05) is 17.0 Å². The fourth-order valence-corrected chi connectivity index (χ4v) is 3.02. The van der Waals surface area contributed by atoms with Gasteiger partial charge in [-0.2, -0.15) is 0 Å². The van der Waals surface area contributed by atoms with E-state index >= 15 is 0 Å². The SMILES string of the molecule is CCCN(C(=O)COc1ccc(Oc2ccccn2)cc1)C1CCNC1.Cl.Cl. The summed E-state index contributed by atoms with van der Waals surface area (Å²) >= 11 is 0. The number of benzene rings is 1. The number of amides is 1. The maximum absolute atomic E-state index is 12.5. The van der Waals surface area contributed by atoms with Gasteiger partial charge in [-0.3, -0.25) is 4.79 Å². The smallest absolute Gasteiger partial charge is 0.260 e. The van der Waals surface area contributed by atoms with Crippen molar-refractivity contribution in [2.75, 3.05) is 26.2 Å². The van der Waals surface area contributed by atoms with E-state index in [-0.39, 0.29) is 43.4 Å². The number of rotatable bonds is 8. The van der Waals surface area contributed by atoms with E-state index in [9.17, 15) is 4.79 Å². The monoisotopic (exact) mass is 427 g/mol. The maximum Gasteiger partial charge on any atom is 0.260 e. The Labute approximate surface area is 178 Å². The highest BCUT2D eigenvalue weighted by Crippen LogP contribution is 2.22. The van der Waals surface area contributed by atoms with Gasteiger partial charge in [-0.1, -0.05) is 13.0 Å². The Morgan fingerprint density at radius 1 is 1.18 bits per heavy atom. The summed E-state index contributed by atoms with van der Waals surface area (Å²) in [5.74, 6) is 1.89. The minimum atomic E-state index is 0. The molecule has 2 aromatic rings. The molecule has 28 heavy (non-hydrogen) atoms. The highest BCUT2D eigenvalue weighted by molar-refractivity contribution is 5.85. The van der Waals surface area contributed by atoms with Gasteiger partial charge in [-0.15, -0.1) is 24.8 Å². The van der Waals surface area contributed by atoms with E-state index in [0.717, 1.165) is 32.5 Å². The van der Waals surface area contributed by atoms with Gasteiger partial charge >= 0.3 is 0 Å². The van der Waals surface area contributed by atoms with Crippen molar-refractivity contribution in [2.24, 2.45) is 0 Å². The van der Waals surface area contributed by atoms with Crippen LogP contribution in [-0.2, 0) is 4.79 Å². The van der Waals surface area contributed by atoms with E-state index in [1.165, 1.54) is 0 Å². The zero-order chi connectivity index (χ0) is 18.2. The number of nitrogens with one attached hydrogen (secondary N) is 1. The van der Waals surface area contributed by atoms with E-state index in [0.29, 0.717) is 17.4 Å². The van der Waals surface area contributed by atoms with Gasteiger partial charge < -0.3 is 19.7 Å². The van der Waals surface area contributed by atoms with Crippen molar-refractivity contribution in [3.63, 3.8) is 0 Å². The van der Waals surface area contributed by atoms with Crippen LogP contribution in [0.2, 0.25) is 0 Å². The summed E-state index contributed by atoms with van der Waals surface area (Å²) in [5, 5.41) is 3.31. The standard InChI is InChI=1S/C20H25N3O3.2ClH/c1-2-13-23(16-10-12-21-14-16)20(24)15-25-17-6-8-18(9-7-17)26-19-5-3-4-11-22-19;;/h3-9,11,16,21H,2,10,12-15H2,1H3;2*1H. The van der Waals surface area contributed by atoms with Crippen LogP contribution in [0, 0.1) is 0 Å². The molecule has 3 rings (SSSR count). The lowest BCUT2D eigenvalue weighted by Crippen LogP contribution is -2.44. The van der Waals surface area contributed by atoms with Gasteiger partial charge in [0.1, 0.15) is 11.5 Å². The predicted molar refractivity (Wildman–Crippen MR) is 114 cm³/mol. The normalized spacial score (nSPS) is 15.1. The van der Waals surface area contributed by atoms with E-state index in [1.54, 1.807) is 36.5 Å². The van der Waals surface area contributed by atoms with Crippen molar-refractivity contribution in [1.82, 2.24) is 15.2 Å². The molecule has 0 radical (unpaired) electrons. The molecule has 2 heterocycles. The molecule has 1 fully saturated rings. The van der Waals surface area contributed by atoms with Gasteiger partial charge in [-0.25, -0.2) is 4.98 Å². The lowest BCUT2D eigenvalue weighted by atomic mass is 10.2. The Kier molecular flexibility index (Phi) is 10.7. The largest absolute Gasteiger partial charge is 0.484 e. The summed E-state index contributed by atoms with van der Waals surface area (Å²) in [6, 6.07) is 13.0. The number of halogens is 2. The maximum atomic E-state index is 12.5. The molecule has 0 saturated carbocycles. The van der Waals surface area contributed by atoms with E-state index in [4.69, 9.17) is 9.47 Å². The number of hydrogen-bond donors (Lipinski definition) is 1. The molecule has 0 bridgehead atoms. The lowest BCUT2D eigenvalue weighted by molar-refractivity contribution is -0.135. The van der Waals surface area contributed by atoms with Crippen LogP contribution in [0.15, 0.2) is 48.7 Å². The third kappa shape index (κ3) is 6.86. The van der Waals surface area contributed by atoms with Gasteiger partial charge in [0.05, 0.1) is 0 Å². The summed E-state index contributed by atoms with van der Waals surface area (Å²) in [4.78, 5) is 18.6. The summed E-state index contributed by atoms with van der Waals surface area (Å²) in [5.41, 5.74) is 0.